The zero-order chi connectivity index (χ0) is 11.6. The topological polar surface area (TPSA) is 108 Å². The number of hydrogen-bond donors (Lipinski definition) is 2. The molecule has 0 atom stereocenters. The van der Waals surface area contributed by atoms with Gasteiger partial charge in [-0.3, -0.25) is 10.1 Å². The highest BCUT2D eigenvalue weighted by atomic mass is 19.3. The van der Waals surface area contributed by atoms with E-state index >= 15 is 0 Å². The van der Waals surface area contributed by atoms with Crippen LogP contribution in [0.1, 0.15) is 17.6 Å². The maximum Gasteiger partial charge on any atom is 0.320 e. The number of nitrogen functional groups attached to an aromatic ring is 1. The van der Waals surface area contributed by atoms with Crippen molar-refractivity contribution < 1.29 is 13.7 Å². The van der Waals surface area contributed by atoms with Gasteiger partial charge in [-0.25, -0.2) is 13.8 Å². The van der Waals surface area contributed by atoms with Gasteiger partial charge in [-0.1, -0.05) is 0 Å². The highest BCUT2D eigenvalue weighted by Gasteiger charge is 2.28. The Bertz CT molecular complexity index is 397. The van der Waals surface area contributed by atoms with E-state index in [1.807, 2.05) is 0 Å². The molecule has 1 aromatic rings. The van der Waals surface area contributed by atoms with E-state index in [2.05, 4.69) is 4.98 Å². The molecule has 0 saturated carbocycles. The molecule has 0 unspecified atom stereocenters. The minimum Gasteiger partial charge on any atom is -0.378 e. The van der Waals surface area contributed by atoms with Crippen molar-refractivity contribution in [2.75, 3.05) is 5.73 Å². The lowest BCUT2D eigenvalue weighted by atomic mass is 10.1. The molecular weight excluding hydrogens is 210 g/mol. The van der Waals surface area contributed by atoms with Gasteiger partial charge in [0.15, 0.2) is 0 Å². The molecule has 0 aliphatic heterocycles. The number of nitrogens with zero attached hydrogens (tertiary/aromatic N) is 2. The fraction of sp³-hybridized carbons (Fsp3) is 0.286. The Morgan fingerprint density at radius 3 is 2.60 bits per heavy atom. The SMILES string of the molecule is NCc1cnc(N)c([N+](=O)[O-])c1C(F)F. The number of nitrogens with two attached hydrogens (primary N) is 2. The van der Waals surface area contributed by atoms with Crippen molar-refractivity contribution in [3.63, 3.8) is 0 Å². The zero-order valence-electron chi connectivity index (χ0n) is 7.48. The second-order valence-electron chi connectivity index (χ2n) is 2.69. The van der Waals surface area contributed by atoms with Crippen LogP contribution in [0.2, 0.25) is 0 Å². The van der Waals surface area contributed by atoms with E-state index in [-0.39, 0.29) is 12.1 Å². The molecule has 0 fully saturated rings. The van der Waals surface area contributed by atoms with E-state index in [0.717, 1.165) is 6.20 Å². The molecule has 0 bridgehead atoms. The van der Waals surface area contributed by atoms with Crippen LogP contribution in [-0.2, 0) is 6.54 Å². The van der Waals surface area contributed by atoms with Gasteiger partial charge < -0.3 is 11.5 Å². The number of nitro groups is 1. The minimum absolute atomic E-state index is 0.0779. The smallest absolute Gasteiger partial charge is 0.320 e. The summed E-state index contributed by atoms with van der Waals surface area (Å²) in [5.74, 6) is -0.535. The first-order valence-electron chi connectivity index (χ1n) is 3.88. The number of halogens is 2. The molecule has 1 heterocycles. The molecule has 0 aromatic carbocycles. The second kappa shape index (κ2) is 4.13. The third-order valence-electron chi connectivity index (χ3n) is 1.82. The van der Waals surface area contributed by atoms with Crippen LogP contribution < -0.4 is 11.5 Å². The first kappa shape index (κ1) is 11.2. The Labute approximate surface area is 83.0 Å². The molecule has 0 aliphatic carbocycles. The third kappa shape index (κ3) is 1.99. The summed E-state index contributed by atoms with van der Waals surface area (Å²) in [7, 11) is 0. The van der Waals surface area contributed by atoms with Crippen molar-refractivity contribution in [2.24, 2.45) is 5.73 Å². The van der Waals surface area contributed by atoms with Crippen molar-refractivity contribution in [2.45, 2.75) is 13.0 Å². The quantitative estimate of drug-likeness (QED) is 0.580. The van der Waals surface area contributed by atoms with Crippen molar-refractivity contribution in [3.05, 3.63) is 27.4 Å². The van der Waals surface area contributed by atoms with Gasteiger partial charge in [-0.05, 0) is 5.56 Å². The summed E-state index contributed by atoms with van der Waals surface area (Å²) in [5.41, 5.74) is 8.63. The molecule has 0 amide bonds. The molecule has 8 heteroatoms. The molecule has 0 spiro atoms. The van der Waals surface area contributed by atoms with Crippen LogP contribution in [0.5, 0.6) is 0 Å². The molecule has 0 radical (unpaired) electrons. The first-order valence-corrected chi connectivity index (χ1v) is 3.88. The van der Waals surface area contributed by atoms with Crippen LogP contribution >= 0.6 is 0 Å². The van der Waals surface area contributed by atoms with E-state index < -0.39 is 28.4 Å². The first-order chi connectivity index (χ1) is 6.99. The molecular formula is C7H8F2N4O2. The van der Waals surface area contributed by atoms with Gasteiger partial charge in [0.05, 0.1) is 4.92 Å². The fourth-order valence-corrected chi connectivity index (χ4v) is 1.17. The van der Waals surface area contributed by atoms with Crippen LogP contribution in [-0.4, -0.2) is 9.91 Å². The Kier molecular flexibility index (Phi) is 3.10. The zero-order valence-corrected chi connectivity index (χ0v) is 7.48. The lowest BCUT2D eigenvalue weighted by Crippen LogP contribution is -2.09. The van der Waals surface area contributed by atoms with Gasteiger partial charge in [0.25, 0.3) is 6.43 Å². The molecule has 1 aromatic heterocycles. The monoisotopic (exact) mass is 218 g/mol. The lowest BCUT2D eigenvalue weighted by Gasteiger charge is -2.08. The largest absolute Gasteiger partial charge is 0.378 e. The summed E-state index contributed by atoms with van der Waals surface area (Å²) in [5, 5.41) is 10.5. The predicted molar refractivity (Wildman–Crippen MR) is 48.2 cm³/mol. The van der Waals surface area contributed by atoms with Crippen molar-refractivity contribution in [3.8, 4) is 0 Å². The van der Waals surface area contributed by atoms with Gasteiger partial charge in [-0.15, -0.1) is 0 Å². The third-order valence-corrected chi connectivity index (χ3v) is 1.82. The van der Waals surface area contributed by atoms with Crippen LogP contribution in [0.15, 0.2) is 6.20 Å². The van der Waals surface area contributed by atoms with Crippen LogP contribution in [0, 0.1) is 10.1 Å². The van der Waals surface area contributed by atoms with Crippen molar-refractivity contribution in [1.29, 1.82) is 0 Å². The number of aromatic nitrogens is 1. The highest BCUT2D eigenvalue weighted by Crippen LogP contribution is 2.34. The summed E-state index contributed by atoms with van der Waals surface area (Å²) >= 11 is 0. The van der Waals surface area contributed by atoms with Crippen molar-refractivity contribution >= 4 is 11.5 Å². The summed E-state index contributed by atoms with van der Waals surface area (Å²) in [6.45, 7) is -0.256. The Morgan fingerprint density at radius 2 is 2.20 bits per heavy atom. The molecule has 4 N–H and O–H groups in total. The minimum atomic E-state index is -3.01. The van der Waals surface area contributed by atoms with Crippen LogP contribution in [0.4, 0.5) is 20.3 Å². The van der Waals surface area contributed by atoms with E-state index in [1.165, 1.54) is 0 Å². The summed E-state index contributed by atoms with van der Waals surface area (Å²) in [4.78, 5) is 13.0. The number of anilines is 1. The molecule has 6 nitrogen and oxygen atoms in total. The van der Waals surface area contributed by atoms with Gasteiger partial charge in [0, 0.05) is 12.7 Å². The summed E-state index contributed by atoms with van der Waals surface area (Å²) in [6.07, 6.45) is -1.99. The van der Waals surface area contributed by atoms with E-state index in [1.54, 1.807) is 0 Å². The van der Waals surface area contributed by atoms with Gasteiger partial charge >= 0.3 is 5.69 Å². The Hall–Kier alpha value is -1.83. The maximum absolute atomic E-state index is 12.6. The van der Waals surface area contributed by atoms with Gasteiger partial charge in [-0.2, -0.15) is 0 Å². The number of alkyl halides is 2. The molecule has 1 rings (SSSR count). The van der Waals surface area contributed by atoms with E-state index in [4.69, 9.17) is 11.5 Å². The molecule has 82 valence electrons. The number of rotatable bonds is 3. The molecule has 0 aliphatic rings. The van der Waals surface area contributed by atoms with Gasteiger partial charge in [0.2, 0.25) is 5.82 Å². The number of hydrogen-bond acceptors (Lipinski definition) is 5. The van der Waals surface area contributed by atoms with Crippen LogP contribution in [0.25, 0.3) is 0 Å². The summed E-state index contributed by atoms with van der Waals surface area (Å²) in [6, 6.07) is 0. The summed E-state index contributed by atoms with van der Waals surface area (Å²) < 4.78 is 25.1. The number of pyridine rings is 1. The standard InChI is InChI=1S/C7H8F2N4O2/c8-6(9)4-3(1-10)2-12-7(11)5(4)13(14)15/h2,6H,1,10H2,(H2,11,12). The molecule has 0 saturated heterocycles. The normalized spacial score (nSPS) is 10.7. The van der Waals surface area contributed by atoms with E-state index in [9.17, 15) is 18.9 Å². The molecule has 15 heavy (non-hydrogen) atoms. The second-order valence-corrected chi connectivity index (χ2v) is 2.69. The maximum atomic E-state index is 12.6. The average molecular weight is 218 g/mol. The highest BCUT2D eigenvalue weighted by molar-refractivity contribution is 5.60. The van der Waals surface area contributed by atoms with Gasteiger partial charge in [0.1, 0.15) is 5.56 Å². The fourth-order valence-electron chi connectivity index (χ4n) is 1.17. The van der Waals surface area contributed by atoms with Crippen molar-refractivity contribution in [1.82, 2.24) is 4.98 Å². The Morgan fingerprint density at radius 1 is 1.60 bits per heavy atom. The Balaban J connectivity index is 3.51. The lowest BCUT2D eigenvalue weighted by molar-refractivity contribution is -0.385. The van der Waals surface area contributed by atoms with Crippen LogP contribution in [0.3, 0.4) is 0 Å². The predicted octanol–water partition coefficient (Wildman–Crippen LogP) is 0.968. The average Bonchev–Trinajstić information content (AvgIpc) is 2.16. The van der Waals surface area contributed by atoms with E-state index in [0.29, 0.717) is 0 Å².